The lowest BCUT2D eigenvalue weighted by molar-refractivity contribution is -0.167. The van der Waals surface area contributed by atoms with Gasteiger partial charge in [0, 0.05) is 18.0 Å². The maximum absolute atomic E-state index is 12.8. The minimum Gasteiger partial charge on any atom is -0.504 e. The Morgan fingerprint density at radius 1 is 1.23 bits per heavy atom. The van der Waals surface area contributed by atoms with Crippen molar-refractivity contribution < 1.29 is 53.8 Å². The zero-order valence-corrected chi connectivity index (χ0v) is 22.6. The Bertz CT molecular complexity index is 1260. The molecule has 218 valence electrons. The number of carbonyl (C=O) groups is 4. The van der Waals surface area contributed by atoms with Gasteiger partial charge in [-0.05, 0) is 51.4 Å². The highest BCUT2D eigenvalue weighted by molar-refractivity contribution is 5.89. The second-order valence-electron chi connectivity index (χ2n) is 10.4. The summed E-state index contributed by atoms with van der Waals surface area (Å²) in [5.74, 6) is -4.26. The fraction of sp³-hybridized carbons (Fsp3) is 0.556. The second-order valence-corrected chi connectivity index (χ2v) is 10.4. The molecule has 4 rings (SSSR count). The van der Waals surface area contributed by atoms with Crippen molar-refractivity contribution in [2.24, 2.45) is 0 Å². The quantitative estimate of drug-likeness (QED) is 0.205. The summed E-state index contributed by atoms with van der Waals surface area (Å²) in [6.45, 7) is 4.29. The van der Waals surface area contributed by atoms with Crippen molar-refractivity contribution in [3.05, 3.63) is 35.1 Å². The molecule has 13 nitrogen and oxygen atoms in total. The molecule has 0 unspecified atom stereocenters. The van der Waals surface area contributed by atoms with Gasteiger partial charge in [0.2, 0.25) is 0 Å². The van der Waals surface area contributed by atoms with E-state index >= 15 is 0 Å². The van der Waals surface area contributed by atoms with Crippen molar-refractivity contribution in [2.75, 3.05) is 7.05 Å². The van der Waals surface area contributed by atoms with Crippen molar-refractivity contribution in [2.45, 2.75) is 87.9 Å². The third-order valence-electron chi connectivity index (χ3n) is 8.16. The van der Waals surface area contributed by atoms with Crippen LogP contribution in [0.5, 0.6) is 11.5 Å². The number of carboxylic acid groups (broad SMARTS) is 1. The Balaban J connectivity index is 1.49. The summed E-state index contributed by atoms with van der Waals surface area (Å²) in [7, 11) is 1.75. The summed E-state index contributed by atoms with van der Waals surface area (Å²) in [6, 6.07) is 1.73. The lowest BCUT2D eigenvalue weighted by Crippen LogP contribution is -2.70. The van der Waals surface area contributed by atoms with Crippen LogP contribution in [-0.4, -0.2) is 87.3 Å². The number of phenols is 1. The SMILES string of the molecule is CC[C@]12c3c4ccc(O)c3O[C@H]1C(OC(=O)C[C@H](O)C(=O)O[C@@H](C)C(=O)N[C@@H](C)C(=O)O)=CC[C@@]2(O)[C@H](NC)C4. The number of amides is 1. The molecule has 0 spiro atoms. The molecule has 0 saturated heterocycles. The number of esters is 2. The lowest BCUT2D eigenvalue weighted by atomic mass is 9.52. The predicted octanol–water partition coefficient (Wildman–Crippen LogP) is -0.221. The first-order chi connectivity index (χ1) is 18.8. The Morgan fingerprint density at radius 3 is 2.55 bits per heavy atom. The minimum atomic E-state index is -1.97. The number of ether oxygens (including phenoxy) is 3. The first-order valence-corrected chi connectivity index (χ1v) is 13.0. The molecule has 2 aliphatic carbocycles. The van der Waals surface area contributed by atoms with E-state index < -0.39 is 65.6 Å². The normalized spacial score (nSPS) is 28.2. The van der Waals surface area contributed by atoms with Crippen LogP contribution < -0.4 is 15.4 Å². The molecular formula is C27H34N2O11. The molecule has 1 aliphatic heterocycles. The standard InChI is InChI=1S/C27H34N2O11/c1-5-26-20-14-6-7-15(30)21(20)40-22(26)17(8-9-27(26,37)18(10-14)28-4)39-19(32)11-16(31)25(36)38-13(3)23(33)29-12(2)24(34)35/h6-8,12-13,16,18,22,28,30-31,37H,5,9-11H2,1-4H3,(H,29,33)(H,34,35)/t12-,13-,16-,18+,22-,26-,27+/m0/s1. The fourth-order valence-electron chi connectivity index (χ4n) is 6.09. The monoisotopic (exact) mass is 562 g/mol. The van der Waals surface area contributed by atoms with Crippen molar-refractivity contribution in [3.8, 4) is 11.5 Å². The molecular weight excluding hydrogens is 528 g/mol. The van der Waals surface area contributed by atoms with Gasteiger partial charge >= 0.3 is 17.9 Å². The average molecular weight is 563 g/mol. The van der Waals surface area contributed by atoms with Gasteiger partial charge in [-0.3, -0.25) is 14.4 Å². The van der Waals surface area contributed by atoms with Crippen molar-refractivity contribution in [1.82, 2.24) is 10.6 Å². The molecule has 0 bridgehead atoms. The van der Waals surface area contributed by atoms with Gasteiger partial charge < -0.3 is 45.3 Å². The Labute approximate surface area is 230 Å². The highest BCUT2D eigenvalue weighted by Gasteiger charge is 2.69. The summed E-state index contributed by atoms with van der Waals surface area (Å²) in [5, 5.41) is 47.1. The number of aromatic hydroxyl groups is 1. The van der Waals surface area contributed by atoms with E-state index in [9.17, 15) is 34.5 Å². The van der Waals surface area contributed by atoms with Crippen LogP contribution in [0.1, 0.15) is 51.2 Å². The van der Waals surface area contributed by atoms with Gasteiger partial charge in [0.25, 0.3) is 5.91 Å². The van der Waals surface area contributed by atoms with Gasteiger partial charge in [0.05, 0.1) is 17.4 Å². The first-order valence-electron chi connectivity index (χ1n) is 13.0. The minimum absolute atomic E-state index is 0.0748. The summed E-state index contributed by atoms with van der Waals surface area (Å²) in [5.41, 5.74) is -0.826. The van der Waals surface area contributed by atoms with E-state index in [1.807, 2.05) is 6.92 Å². The molecule has 1 heterocycles. The third-order valence-corrected chi connectivity index (χ3v) is 8.16. The van der Waals surface area contributed by atoms with Crippen molar-refractivity contribution in [1.29, 1.82) is 0 Å². The molecule has 1 aromatic carbocycles. The van der Waals surface area contributed by atoms with Gasteiger partial charge in [-0.1, -0.05) is 13.0 Å². The van der Waals surface area contributed by atoms with Crippen LogP contribution in [-0.2, 0) is 40.5 Å². The molecule has 0 radical (unpaired) electrons. The number of hydrogen-bond acceptors (Lipinski definition) is 11. The topological polar surface area (TPSA) is 201 Å². The van der Waals surface area contributed by atoms with Crippen LogP contribution in [0.25, 0.3) is 0 Å². The second kappa shape index (κ2) is 10.7. The summed E-state index contributed by atoms with van der Waals surface area (Å²) < 4.78 is 16.6. The summed E-state index contributed by atoms with van der Waals surface area (Å²) in [6.07, 6.45) is -2.65. The highest BCUT2D eigenvalue weighted by Crippen LogP contribution is 2.63. The molecule has 13 heteroatoms. The fourth-order valence-corrected chi connectivity index (χ4v) is 6.09. The van der Waals surface area contributed by atoms with Crippen molar-refractivity contribution >= 4 is 23.8 Å². The molecule has 1 aromatic rings. The van der Waals surface area contributed by atoms with E-state index in [0.717, 1.165) is 5.56 Å². The van der Waals surface area contributed by atoms with E-state index in [4.69, 9.17) is 19.3 Å². The number of phenolic OH excluding ortho intramolecular Hbond substituents is 1. The number of nitrogens with one attached hydrogen (secondary N) is 2. The molecule has 0 fully saturated rings. The van der Waals surface area contributed by atoms with Gasteiger partial charge in [0.15, 0.2) is 29.8 Å². The third kappa shape index (κ3) is 4.57. The van der Waals surface area contributed by atoms with Crippen LogP contribution >= 0.6 is 0 Å². The zero-order valence-electron chi connectivity index (χ0n) is 22.6. The summed E-state index contributed by atoms with van der Waals surface area (Å²) >= 11 is 0. The van der Waals surface area contributed by atoms with Gasteiger partial charge in [-0.2, -0.15) is 0 Å². The predicted molar refractivity (Wildman–Crippen MR) is 136 cm³/mol. The van der Waals surface area contributed by atoms with Gasteiger partial charge in [-0.25, -0.2) is 4.79 Å². The summed E-state index contributed by atoms with van der Waals surface area (Å²) in [4.78, 5) is 48.0. The van der Waals surface area contributed by atoms with Gasteiger partial charge in [-0.15, -0.1) is 0 Å². The number of hydrogen-bond donors (Lipinski definition) is 6. The lowest BCUT2D eigenvalue weighted by Gasteiger charge is -2.56. The molecule has 7 atom stereocenters. The van der Waals surface area contributed by atoms with Gasteiger partial charge in [0.1, 0.15) is 11.8 Å². The number of carbonyl (C=O) groups excluding carboxylic acids is 3. The molecule has 0 aromatic heterocycles. The Kier molecular flexibility index (Phi) is 7.85. The van der Waals surface area contributed by atoms with E-state index in [0.29, 0.717) is 18.4 Å². The number of benzene rings is 1. The maximum atomic E-state index is 12.8. The Morgan fingerprint density at radius 2 is 1.93 bits per heavy atom. The highest BCUT2D eigenvalue weighted by atomic mass is 16.6. The van der Waals surface area contributed by atoms with E-state index in [2.05, 4.69) is 10.6 Å². The number of aliphatic carboxylic acids is 1. The van der Waals surface area contributed by atoms with Crippen LogP contribution in [0.15, 0.2) is 24.0 Å². The average Bonchev–Trinajstić information content (AvgIpc) is 3.28. The molecule has 40 heavy (non-hydrogen) atoms. The molecule has 0 saturated carbocycles. The van der Waals surface area contributed by atoms with E-state index in [1.54, 1.807) is 13.1 Å². The first kappa shape index (κ1) is 29.3. The van der Waals surface area contributed by atoms with Crippen LogP contribution in [0.4, 0.5) is 0 Å². The van der Waals surface area contributed by atoms with Crippen LogP contribution in [0, 0.1) is 0 Å². The zero-order chi connectivity index (χ0) is 29.6. The Hall–Kier alpha value is -3.68. The largest absolute Gasteiger partial charge is 0.504 e. The number of aliphatic hydroxyl groups is 2. The molecule has 3 aliphatic rings. The van der Waals surface area contributed by atoms with Crippen LogP contribution in [0.3, 0.4) is 0 Å². The number of rotatable bonds is 10. The van der Waals surface area contributed by atoms with Crippen molar-refractivity contribution in [3.63, 3.8) is 0 Å². The maximum Gasteiger partial charge on any atom is 0.336 e. The number of likely N-dealkylation sites (N-methyl/N-ethyl adjacent to an activating group) is 1. The van der Waals surface area contributed by atoms with E-state index in [-0.39, 0.29) is 29.7 Å². The van der Waals surface area contributed by atoms with E-state index in [1.165, 1.54) is 26.0 Å². The smallest absolute Gasteiger partial charge is 0.336 e. The number of carboxylic acids is 1. The van der Waals surface area contributed by atoms with Crippen LogP contribution in [0.2, 0.25) is 0 Å². The molecule has 6 N–H and O–H groups in total. The number of aliphatic hydroxyl groups excluding tert-OH is 1. The molecule has 1 amide bonds.